The van der Waals surface area contributed by atoms with Crippen LogP contribution in [0, 0.1) is 0 Å². The Balaban J connectivity index is 2.19. The van der Waals surface area contributed by atoms with Crippen molar-refractivity contribution in [1.82, 2.24) is 15.4 Å². The van der Waals surface area contributed by atoms with E-state index in [4.69, 9.17) is 0 Å². The molecule has 0 fully saturated rings. The maximum Gasteiger partial charge on any atom is 0.250 e. The summed E-state index contributed by atoms with van der Waals surface area (Å²) in [6, 6.07) is 3.32. The predicted octanol–water partition coefficient (Wildman–Crippen LogP) is 1.77. The van der Waals surface area contributed by atoms with Crippen LogP contribution >= 0.6 is 11.3 Å². The fourth-order valence-electron chi connectivity index (χ4n) is 1.83. The van der Waals surface area contributed by atoms with Crippen molar-refractivity contribution in [2.45, 2.75) is 36.8 Å². The molecule has 0 amide bonds. The topological polar surface area (TPSA) is 82.6 Å². The molecule has 0 aliphatic rings. The molecule has 1 aromatic rings. The number of sulfonamides is 1. The van der Waals surface area contributed by atoms with Gasteiger partial charge in [-0.15, -0.1) is 11.3 Å². The Morgan fingerprint density at radius 1 is 1.18 bits per heavy atom. The fourth-order valence-corrected chi connectivity index (χ4v) is 3.90. The van der Waals surface area contributed by atoms with Gasteiger partial charge in [0.2, 0.25) is 10.0 Å². The van der Waals surface area contributed by atoms with Crippen LogP contribution in [-0.2, 0) is 10.0 Å². The van der Waals surface area contributed by atoms with E-state index in [2.05, 4.69) is 27.3 Å². The van der Waals surface area contributed by atoms with Crippen molar-refractivity contribution < 1.29 is 8.42 Å². The third-order valence-electron chi connectivity index (χ3n) is 3.02. The van der Waals surface area contributed by atoms with Gasteiger partial charge >= 0.3 is 0 Å². The van der Waals surface area contributed by atoms with E-state index in [1.165, 1.54) is 30.6 Å². The van der Waals surface area contributed by atoms with Crippen LogP contribution in [0.1, 0.15) is 32.6 Å². The summed E-state index contributed by atoms with van der Waals surface area (Å²) in [5, 5.41) is 8.06. The fraction of sp³-hybridized carbons (Fsp3) is 0.643. The molecule has 22 heavy (non-hydrogen) atoms. The van der Waals surface area contributed by atoms with Crippen LogP contribution < -0.4 is 15.4 Å². The molecule has 0 atom stereocenters. The molecular weight excluding hydrogens is 320 g/mol. The predicted molar refractivity (Wildman–Crippen MR) is 93.0 cm³/mol. The summed E-state index contributed by atoms with van der Waals surface area (Å²) in [7, 11) is -1.68. The first kappa shape index (κ1) is 18.9. The molecule has 0 bridgehead atoms. The molecule has 1 rings (SSSR count). The Hall–Kier alpha value is -1.12. The van der Waals surface area contributed by atoms with Crippen molar-refractivity contribution in [2.75, 3.05) is 26.7 Å². The van der Waals surface area contributed by atoms with Crippen molar-refractivity contribution in [3.8, 4) is 0 Å². The third kappa shape index (κ3) is 7.24. The van der Waals surface area contributed by atoms with Gasteiger partial charge in [-0.05, 0) is 17.9 Å². The second kappa shape index (κ2) is 10.6. The van der Waals surface area contributed by atoms with Crippen molar-refractivity contribution in [3.63, 3.8) is 0 Å². The van der Waals surface area contributed by atoms with E-state index >= 15 is 0 Å². The summed E-state index contributed by atoms with van der Waals surface area (Å²) < 4.78 is 26.7. The van der Waals surface area contributed by atoms with Crippen LogP contribution in [0.3, 0.4) is 0 Å². The van der Waals surface area contributed by atoms with E-state index in [0.717, 1.165) is 13.0 Å². The number of nitrogens with one attached hydrogen (secondary N) is 3. The molecule has 0 unspecified atom stereocenters. The summed E-state index contributed by atoms with van der Waals surface area (Å²) in [4.78, 5) is 4.11. The zero-order chi connectivity index (χ0) is 16.3. The Labute approximate surface area is 137 Å². The first-order valence-corrected chi connectivity index (χ1v) is 9.94. The molecule has 1 aromatic heterocycles. The maximum atomic E-state index is 11.9. The summed E-state index contributed by atoms with van der Waals surface area (Å²) in [6.07, 6.45) is 4.79. The van der Waals surface area contributed by atoms with Crippen LogP contribution in [0.4, 0.5) is 0 Å². The van der Waals surface area contributed by atoms with Crippen molar-refractivity contribution >= 4 is 27.3 Å². The van der Waals surface area contributed by atoms with Gasteiger partial charge in [-0.3, -0.25) is 4.99 Å². The van der Waals surface area contributed by atoms with Crippen molar-refractivity contribution in [2.24, 2.45) is 4.99 Å². The molecule has 1 heterocycles. The van der Waals surface area contributed by atoms with Gasteiger partial charge < -0.3 is 10.6 Å². The van der Waals surface area contributed by atoms with Gasteiger partial charge in [-0.25, -0.2) is 13.1 Å². The van der Waals surface area contributed by atoms with E-state index in [9.17, 15) is 8.42 Å². The molecule has 0 aliphatic carbocycles. The lowest BCUT2D eigenvalue weighted by Gasteiger charge is -2.12. The third-order valence-corrected chi connectivity index (χ3v) is 5.87. The quantitative estimate of drug-likeness (QED) is 0.343. The van der Waals surface area contributed by atoms with Crippen LogP contribution in [0.25, 0.3) is 0 Å². The smallest absolute Gasteiger partial charge is 0.250 e. The number of rotatable bonds is 10. The molecule has 8 heteroatoms. The minimum Gasteiger partial charge on any atom is -0.356 e. The Bertz CT molecular complexity index is 527. The summed E-state index contributed by atoms with van der Waals surface area (Å²) in [6.45, 7) is 3.86. The first-order valence-electron chi connectivity index (χ1n) is 7.58. The molecule has 0 saturated heterocycles. The lowest BCUT2D eigenvalue weighted by molar-refractivity contribution is 0.582. The number of guanidine groups is 1. The standard InChI is InChI=1S/C14H26N4O2S2/c1-3-4-5-6-9-16-14(15-2)17-10-11-18-22(19,20)13-8-7-12-21-13/h7-8,12,18H,3-6,9-11H2,1-2H3,(H2,15,16,17). The Morgan fingerprint density at radius 2 is 1.95 bits per heavy atom. The van der Waals surface area contributed by atoms with Gasteiger partial charge in [0.25, 0.3) is 0 Å². The molecule has 6 nitrogen and oxygen atoms in total. The van der Waals surface area contributed by atoms with Gasteiger partial charge in [0.05, 0.1) is 0 Å². The highest BCUT2D eigenvalue weighted by atomic mass is 32.2. The number of aliphatic imine (C=N–C) groups is 1. The van der Waals surface area contributed by atoms with Crippen LogP contribution in [0.5, 0.6) is 0 Å². The molecule has 0 aromatic carbocycles. The van der Waals surface area contributed by atoms with Gasteiger partial charge in [0.1, 0.15) is 4.21 Å². The van der Waals surface area contributed by atoms with Gasteiger partial charge in [-0.1, -0.05) is 32.3 Å². The molecule has 3 N–H and O–H groups in total. The average molecular weight is 347 g/mol. The number of thiophene rings is 1. The molecular formula is C14H26N4O2S2. The highest BCUT2D eigenvalue weighted by molar-refractivity contribution is 7.91. The monoisotopic (exact) mass is 346 g/mol. The average Bonchev–Trinajstić information content (AvgIpc) is 3.04. The minimum absolute atomic E-state index is 0.316. The lowest BCUT2D eigenvalue weighted by Crippen LogP contribution is -2.41. The largest absolute Gasteiger partial charge is 0.356 e. The van der Waals surface area contributed by atoms with Crippen LogP contribution in [-0.4, -0.2) is 41.1 Å². The zero-order valence-electron chi connectivity index (χ0n) is 13.3. The first-order chi connectivity index (χ1) is 10.6. The van der Waals surface area contributed by atoms with Crippen molar-refractivity contribution in [1.29, 1.82) is 0 Å². The minimum atomic E-state index is -3.38. The molecule has 0 spiro atoms. The molecule has 126 valence electrons. The molecule has 0 saturated carbocycles. The highest BCUT2D eigenvalue weighted by Crippen LogP contribution is 2.14. The summed E-state index contributed by atoms with van der Waals surface area (Å²) in [5.74, 6) is 0.701. The number of hydrogen-bond acceptors (Lipinski definition) is 4. The van der Waals surface area contributed by atoms with Crippen molar-refractivity contribution in [3.05, 3.63) is 17.5 Å². The second-order valence-electron chi connectivity index (χ2n) is 4.82. The van der Waals surface area contributed by atoms with Crippen LogP contribution in [0.15, 0.2) is 26.7 Å². The second-order valence-corrected chi connectivity index (χ2v) is 7.76. The summed E-state index contributed by atoms with van der Waals surface area (Å²) >= 11 is 1.21. The maximum absolute atomic E-state index is 11.9. The van der Waals surface area contributed by atoms with E-state index < -0.39 is 10.0 Å². The number of unbranched alkanes of at least 4 members (excludes halogenated alkanes) is 3. The zero-order valence-corrected chi connectivity index (χ0v) is 14.9. The molecule has 0 radical (unpaired) electrons. The SMILES string of the molecule is CCCCCCNC(=NC)NCCNS(=O)(=O)c1cccs1. The summed E-state index contributed by atoms with van der Waals surface area (Å²) in [5.41, 5.74) is 0. The lowest BCUT2D eigenvalue weighted by atomic mass is 10.2. The van der Waals surface area contributed by atoms with E-state index in [1.807, 2.05) is 0 Å². The number of hydrogen-bond donors (Lipinski definition) is 3. The van der Waals surface area contributed by atoms with E-state index in [1.54, 1.807) is 24.6 Å². The van der Waals surface area contributed by atoms with Gasteiger partial charge in [0, 0.05) is 26.7 Å². The van der Waals surface area contributed by atoms with Gasteiger partial charge in [0.15, 0.2) is 5.96 Å². The Morgan fingerprint density at radius 3 is 2.59 bits per heavy atom. The van der Waals surface area contributed by atoms with E-state index in [-0.39, 0.29) is 0 Å². The van der Waals surface area contributed by atoms with E-state index in [0.29, 0.717) is 23.3 Å². The highest BCUT2D eigenvalue weighted by Gasteiger charge is 2.13. The Kier molecular flexibility index (Phi) is 9.10. The molecule has 0 aliphatic heterocycles. The normalized spacial score (nSPS) is 12.4. The number of nitrogens with zero attached hydrogens (tertiary/aromatic N) is 1. The van der Waals surface area contributed by atoms with Crippen LogP contribution in [0.2, 0.25) is 0 Å². The van der Waals surface area contributed by atoms with Gasteiger partial charge in [-0.2, -0.15) is 0 Å².